The maximum Gasteiger partial charge on any atom is 0.437 e. The lowest BCUT2D eigenvalue weighted by molar-refractivity contribution is -0.143. The van der Waals surface area contributed by atoms with Gasteiger partial charge in [0.05, 0.1) is 7.11 Å². The van der Waals surface area contributed by atoms with E-state index in [9.17, 15) is 18.0 Å². The van der Waals surface area contributed by atoms with Crippen molar-refractivity contribution in [1.82, 2.24) is 5.16 Å². The van der Waals surface area contributed by atoms with Gasteiger partial charge in [-0.2, -0.15) is 13.2 Å². The van der Waals surface area contributed by atoms with Gasteiger partial charge in [0.2, 0.25) is 5.69 Å². The number of carbonyl (C=O) groups is 1. The summed E-state index contributed by atoms with van der Waals surface area (Å²) in [5, 5.41) is 2.93. The van der Waals surface area contributed by atoms with E-state index in [0.29, 0.717) is 5.56 Å². The molecule has 0 saturated carbocycles. The van der Waals surface area contributed by atoms with Crippen molar-refractivity contribution in [2.24, 2.45) is 0 Å². The fraction of sp³-hybridized carbons (Fsp3) is 0.167. The van der Waals surface area contributed by atoms with E-state index < -0.39 is 23.4 Å². The molecule has 2 rings (SSSR count). The van der Waals surface area contributed by atoms with E-state index in [1.54, 1.807) is 18.2 Å². The van der Waals surface area contributed by atoms with Crippen molar-refractivity contribution in [3.8, 4) is 11.3 Å². The van der Waals surface area contributed by atoms with Gasteiger partial charge in [-0.1, -0.05) is 35.5 Å². The molecule has 1 heterocycles. The van der Waals surface area contributed by atoms with Crippen molar-refractivity contribution >= 4 is 5.97 Å². The minimum absolute atomic E-state index is 0.264. The standard InChI is InChI=1S/C12H8F3NO3/c1-18-11(17)8-9(7-5-3-2-4-6-7)19-16-10(8)12(13,14)15/h2-6H,1H3. The van der Waals surface area contributed by atoms with E-state index in [1.807, 2.05) is 0 Å². The molecule has 0 aliphatic carbocycles. The maximum atomic E-state index is 12.7. The Hall–Kier alpha value is -2.31. The summed E-state index contributed by atoms with van der Waals surface area (Å²) in [6.07, 6.45) is -4.79. The van der Waals surface area contributed by atoms with Crippen LogP contribution in [0.3, 0.4) is 0 Å². The first-order valence-corrected chi connectivity index (χ1v) is 5.15. The third-order valence-electron chi connectivity index (χ3n) is 2.39. The van der Waals surface area contributed by atoms with Crippen LogP contribution >= 0.6 is 0 Å². The summed E-state index contributed by atoms with van der Waals surface area (Å²) in [5.41, 5.74) is -1.80. The first-order chi connectivity index (χ1) is 8.95. The molecule has 0 spiro atoms. The van der Waals surface area contributed by atoms with E-state index in [4.69, 9.17) is 0 Å². The summed E-state index contributed by atoms with van der Waals surface area (Å²) in [6.45, 7) is 0. The summed E-state index contributed by atoms with van der Waals surface area (Å²) in [5.74, 6) is -1.41. The average molecular weight is 271 g/mol. The Balaban J connectivity index is 2.64. The lowest BCUT2D eigenvalue weighted by atomic mass is 10.1. The van der Waals surface area contributed by atoms with Crippen LogP contribution in [-0.2, 0) is 10.9 Å². The smallest absolute Gasteiger partial charge is 0.437 e. The molecule has 0 amide bonds. The van der Waals surface area contributed by atoms with Gasteiger partial charge in [0.15, 0.2) is 5.76 Å². The van der Waals surface area contributed by atoms with Crippen LogP contribution in [0.25, 0.3) is 11.3 Å². The zero-order chi connectivity index (χ0) is 14.0. The SMILES string of the molecule is COC(=O)c1c(C(F)(F)F)noc1-c1ccccc1. The van der Waals surface area contributed by atoms with Crippen LogP contribution < -0.4 is 0 Å². The van der Waals surface area contributed by atoms with Crippen molar-refractivity contribution in [1.29, 1.82) is 0 Å². The number of hydrogen-bond donors (Lipinski definition) is 0. The highest BCUT2D eigenvalue weighted by molar-refractivity contribution is 5.97. The van der Waals surface area contributed by atoms with E-state index in [1.165, 1.54) is 12.1 Å². The van der Waals surface area contributed by atoms with Crippen molar-refractivity contribution in [2.45, 2.75) is 6.18 Å². The van der Waals surface area contributed by atoms with Crippen LogP contribution in [0.4, 0.5) is 13.2 Å². The summed E-state index contributed by atoms with van der Waals surface area (Å²) >= 11 is 0. The first kappa shape index (κ1) is 13.1. The molecule has 0 saturated heterocycles. The predicted octanol–water partition coefficient (Wildman–Crippen LogP) is 3.15. The molecule has 0 unspecified atom stereocenters. The number of aromatic nitrogens is 1. The lowest BCUT2D eigenvalue weighted by Gasteiger charge is -2.04. The molecule has 2 aromatic rings. The summed E-state index contributed by atoms with van der Waals surface area (Å²) in [4.78, 5) is 11.5. The normalized spacial score (nSPS) is 11.4. The van der Waals surface area contributed by atoms with Crippen molar-refractivity contribution < 1.29 is 27.2 Å². The molecule has 0 atom stereocenters. The molecule has 1 aromatic carbocycles. The number of methoxy groups -OCH3 is 1. The van der Waals surface area contributed by atoms with E-state index in [-0.39, 0.29) is 5.76 Å². The molecule has 0 aliphatic heterocycles. The third kappa shape index (κ3) is 2.44. The van der Waals surface area contributed by atoms with E-state index in [0.717, 1.165) is 7.11 Å². The van der Waals surface area contributed by atoms with Crippen molar-refractivity contribution in [2.75, 3.05) is 7.11 Å². The van der Waals surface area contributed by atoms with Crippen LogP contribution in [0, 0.1) is 0 Å². The maximum absolute atomic E-state index is 12.7. The number of benzene rings is 1. The number of hydrogen-bond acceptors (Lipinski definition) is 4. The number of ether oxygens (including phenoxy) is 1. The summed E-state index contributed by atoms with van der Waals surface area (Å²) in [6, 6.07) is 7.90. The molecule has 100 valence electrons. The Morgan fingerprint density at radius 1 is 1.26 bits per heavy atom. The van der Waals surface area contributed by atoms with E-state index >= 15 is 0 Å². The molecule has 0 bridgehead atoms. The zero-order valence-electron chi connectivity index (χ0n) is 9.69. The van der Waals surface area contributed by atoms with Gasteiger partial charge in [-0.3, -0.25) is 0 Å². The van der Waals surface area contributed by atoms with E-state index in [2.05, 4.69) is 14.4 Å². The fourth-order valence-corrected chi connectivity index (χ4v) is 1.56. The number of halogens is 3. The highest BCUT2D eigenvalue weighted by atomic mass is 19.4. The van der Waals surface area contributed by atoms with Crippen LogP contribution in [-0.4, -0.2) is 18.2 Å². The zero-order valence-corrected chi connectivity index (χ0v) is 9.69. The molecule has 7 heteroatoms. The molecule has 1 aromatic heterocycles. The molecule has 4 nitrogen and oxygen atoms in total. The highest BCUT2D eigenvalue weighted by Crippen LogP contribution is 2.36. The molecule has 0 radical (unpaired) electrons. The number of esters is 1. The van der Waals surface area contributed by atoms with Crippen LogP contribution in [0.1, 0.15) is 16.1 Å². The third-order valence-corrected chi connectivity index (χ3v) is 2.39. The van der Waals surface area contributed by atoms with Crippen molar-refractivity contribution in [3.05, 3.63) is 41.6 Å². The Morgan fingerprint density at radius 2 is 1.89 bits per heavy atom. The van der Waals surface area contributed by atoms with Gasteiger partial charge in [0.25, 0.3) is 0 Å². The highest BCUT2D eigenvalue weighted by Gasteiger charge is 2.42. The molecular weight excluding hydrogens is 263 g/mol. The topological polar surface area (TPSA) is 52.3 Å². The second-order valence-corrected chi connectivity index (χ2v) is 3.59. The van der Waals surface area contributed by atoms with Gasteiger partial charge in [0.1, 0.15) is 5.56 Å². The number of alkyl halides is 3. The Labute approximate surface area is 105 Å². The molecule has 0 fully saturated rings. The molecule has 0 aliphatic rings. The second-order valence-electron chi connectivity index (χ2n) is 3.59. The first-order valence-electron chi connectivity index (χ1n) is 5.15. The summed E-state index contributed by atoms with van der Waals surface area (Å²) < 4.78 is 47.2. The second kappa shape index (κ2) is 4.75. The van der Waals surface area contributed by atoms with Gasteiger partial charge in [-0.05, 0) is 0 Å². The summed E-state index contributed by atoms with van der Waals surface area (Å²) in [7, 11) is 0.990. The van der Waals surface area contributed by atoms with Crippen LogP contribution in [0.2, 0.25) is 0 Å². The fourth-order valence-electron chi connectivity index (χ4n) is 1.56. The molecule has 19 heavy (non-hydrogen) atoms. The van der Waals surface area contributed by atoms with Gasteiger partial charge in [0, 0.05) is 5.56 Å². The Morgan fingerprint density at radius 3 is 2.42 bits per heavy atom. The largest absolute Gasteiger partial charge is 0.465 e. The predicted molar refractivity (Wildman–Crippen MR) is 58.3 cm³/mol. The Bertz CT molecular complexity index is 590. The van der Waals surface area contributed by atoms with Gasteiger partial charge < -0.3 is 9.26 Å². The minimum Gasteiger partial charge on any atom is -0.465 e. The molecular formula is C12H8F3NO3. The minimum atomic E-state index is -4.79. The van der Waals surface area contributed by atoms with Crippen LogP contribution in [0.5, 0.6) is 0 Å². The number of nitrogens with zero attached hydrogens (tertiary/aromatic N) is 1. The quantitative estimate of drug-likeness (QED) is 0.787. The lowest BCUT2D eigenvalue weighted by Crippen LogP contribution is -2.13. The van der Waals surface area contributed by atoms with Gasteiger partial charge in [-0.25, -0.2) is 4.79 Å². The van der Waals surface area contributed by atoms with Crippen LogP contribution in [0.15, 0.2) is 34.9 Å². The molecule has 0 N–H and O–H groups in total. The Kier molecular flexibility index (Phi) is 3.28. The monoisotopic (exact) mass is 271 g/mol. The van der Waals surface area contributed by atoms with Crippen molar-refractivity contribution in [3.63, 3.8) is 0 Å². The van der Waals surface area contributed by atoms with Gasteiger partial charge in [-0.15, -0.1) is 0 Å². The van der Waals surface area contributed by atoms with Gasteiger partial charge >= 0.3 is 12.1 Å². The number of carbonyl (C=O) groups excluding carboxylic acids is 1. The number of rotatable bonds is 2. The average Bonchev–Trinajstić information content (AvgIpc) is 2.83.